The molecule has 7 heteroatoms. The highest BCUT2D eigenvalue weighted by atomic mass is 19.1. The third-order valence-electron chi connectivity index (χ3n) is 2.57. The molecule has 0 atom stereocenters. The molecule has 0 bridgehead atoms. The van der Waals surface area contributed by atoms with Gasteiger partial charge in [0.15, 0.2) is 5.82 Å². The molecule has 96 valence electrons. The summed E-state index contributed by atoms with van der Waals surface area (Å²) in [6.07, 6.45) is 1.05. The van der Waals surface area contributed by atoms with Gasteiger partial charge < -0.3 is 10.1 Å². The first-order valence-corrected chi connectivity index (χ1v) is 5.55. The molecule has 3 rings (SSSR count). The molecule has 0 amide bonds. The maximum atomic E-state index is 13.6. The number of anilines is 2. The molecule has 2 heterocycles. The van der Waals surface area contributed by atoms with Crippen LogP contribution >= 0.6 is 0 Å². The van der Waals surface area contributed by atoms with Crippen molar-refractivity contribution in [2.45, 2.75) is 0 Å². The van der Waals surface area contributed by atoms with E-state index in [2.05, 4.69) is 20.5 Å². The Bertz CT molecular complexity index is 713. The van der Waals surface area contributed by atoms with Crippen molar-refractivity contribution >= 4 is 17.3 Å². The quantitative estimate of drug-likeness (QED) is 0.779. The SMILES string of the molecule is COc1ncc(F)c2nnc(Nc3ccccc3)n12. The maximum Gasteiger partial charge on any atom is 0.305 e. The molecule has 0 aliphatic carbocycles. The fourth-order valence-electron chi connectivity index (χ4n) is 1.72. The van der Waals surface area contributed by atoms with Crippen LogP contribution in [-0.4, -0.2) is 26.7 Å². The van der Waals surface area contributed by atoms with Gasteiger partial charge >= 0.3 is 6.01 Å². The lowest BCUT2D eigenvalue weighted by molar-refractivity contribution is 0.372. The summed E-state index contributed by atoms with van der Waals surface area (Å²) >= 11 is 0. The zero-order valence-electron chi connectivity index (χ0n) is 10.0. The van der Waals surface area contributed by atoms with Gasteiger partial charge in [-0.3, -0.25) is 0 Å². The van der Waals surface area contributed by atoms with Gasteiger partial charge in [-0.15, -0.1) is 10.2 Å². The minimum Gasteiger partial charge on any atom is -0.468 e. The van der Waals surface area contributed by atoms with Crippen molar-refractivity contribution in [3.63, 3.8) is 0 Å². The van der Waals surface area contributed by atoms with Crippen LogP contribution in [0, 0.1) is 5.82 Å². The summed E-state index contributed by atoms with van der Waals surface area (Å²) in [7, 11) is 1.45. The second-order valence-corrected chi connectivity index (χ2v) is 3.77. The molecule has 0 spiro atoms. The first-order chi connectivity index (χ1) is 9.29. The van der Waals surface area contributed by atoms with Crippen molar-refractivity contribution < 1.29 is 9.13 Å². The number of nitrogens with zero attached hydrogens (tertiary/aromatic N) is 4. The Morgan fingerprint density at radius 1 is 1.21 bits per heavy atom. The first kappa shape index (κ1) is 11.4. The molecular formula is C12H10FN5O. The van der Waals surface area contributed by atoms with Crippen LogP contribution in [-0.2, 0) is 0 Å². The van der Waals surface area contributed by atoms with Crippen LogP contribution in [0.2, 0.25) is 0 Å². The van der Waals surface area contributed by atoms with E-state index in [9.17, 15) is 4.39 Å². The summed E-state index contributed by atoms with van der Waals surface area (Å²) < 4.78 is 20.0. The van der Waals surface area contributed by atoms with Gasteiger partial charge in [-0.2, -0.15) is 0 Å². The highest BCUT2D eigenvalue weighted by Gasteiger charge is 2.15. The molecule has 0 aliphatic rings. The minimum absolute atomic E-state index is 0.0604. The summed E-state index contributed by atoms with van der Waals surface area (Å²) in [6, 6.07) is 9.58. The summed E-state index contributed by atoms with van der Waals surface area (Å²) in [5.41, 5.74) is 0.869. The van der Waals surface area contributed by atoms with Crippen molar-refractivity contribution in [1.82, 2.24) is 19.6 Å². The monoisotopic (exact) mass is 259 g/mol. The number of aromatic nitrogens is 4. The van der Waals surface area contributed by atoms with Crippen molar-refractivity contribution in [2.24, 2.45) is 0 Å². The number of fused-ring (bicyclic) bond motifs is 1. The highest BCUT2D eigenvalue weighted by molar-refractivity contribution is 5.57. The summed E-state index contributed by atoms with van der Waals surface area (Å²) in [5.74, 6) is -0.223. The van der Waals surface area contributed by atoms with Gasteiger partial charge in [0.1, 0.15) is 0 Å². The van der Waals surface area contributed by atoms with Crippen LogP contribution in [0.5, 0.6) is 6.01 Å². The zero-order valence-corrected chi connectivity index (χ0v) is 10.0. The van der Waals surface area contributed by atoms with Crippen molar-refractivity contribution in [2.75, 3.05) is 12.4 Å². The maximum absolute atomic E-state index is 13.6. The fraction of sp³-hybridized carbons (Fsp3) is 0.0833. The molecule has 0 radical (unpaired) electrons. The molecule has 1 aromatic carbocycles. The topological polar surface area (TPSA) is 64.3 Å². The molecule has 0 aliphatic heterocycles. The van der Waals surface area contributed by atoms with Crippen LogP contribution < -0.4 is 10.1 Å². The Kier molecular flexibility index (Phi) is 2.71. The second kappa shape index (κ2) is 4.52. The number of rotatable bonds is 3. The molecule has 6 nitrogen and oxygen atoms in total. The standard InChI is InChI=1S/C12H10FN5O/c1-19-12-14-7-9(13)10-16-17-11(18(10)12)15-8-5-3-2-4-6-8/h2-7H,1H3,(H,15,17). The predicted octanol–water partition coefficient (Wildman–Crippen LogP) is 2.02. The number of para-hydroxylation sites is 1. The Hall–Kier alpha value is -2.70. The molecule has 0 saturated carbocycles. The normalized spacial score (nSPS) is 10.6. The first-order valence-electron chi connectivity index (χ1n) is 5.55. The van der Waals surface area contributed by atoms with Gasteiger partial charge in [0.25, 0.3) is 0 Å². The van der Waals surface area contributed by atoms with E-state index in [0.717, 1.165) is 11.9 Å². The molecular weight excluding hydrogens is 249 g/mol. The predicted molar refractivity (Wildman–Crippen MR) is 67.0 cm³/mol. The van der Waals surface area contributed by atoms with Crippen molar-refractivity contribution in [3.8, 4) is 6.01 Å². The van der Waals surface area contributed by atoms with Crippen LogP contribution in [0.1, 0.15) is 0 Å². The Labute approximate surface area is 107 Å². The van der Waals surface area contributed by atoms with E-state index in [1.165, 1.54) is 11.5 Å². The number of benzene rings is 1. The van der Waals surface area contributed by atoms with Crippen LogP contribution in [0.4, 0.5) is 16.0 Å². The van der Waals surface area contributed by atoms with Gasteiger partial charge in [0.05, 0.1) is 13.3 Å². The van der Waals surface area contributed by atoms with Gasteiger partial charge in [0, 0.05) is 5.69 Å². The number of hydrogen-bond donors (Lipinski definition) is 1. The highest BCUT2D eigenvalue weighted by Crippen LogP contribution is 2.21. The minimum atomic E-state index is -0.561. The number of ether oxygens (including phenoxy) is 1. The average molecular weight is 259 g/mol. The van der Waals surface area contributed by atoms with Gasteiger partial charge in [0.2, 0.25) is 11.6 Å². The van der Waals surface area contributed by atoms with E-state index < -0.39 is 5.82 Å². The van der Waals surface area contributed by atoms with E-state index in [-0.39, 0.29) is 11.7 Å². The summed E-state index contributed by atoms with van der Waals surface area (Å²) in [4.78, 5) is 3.85. The van der Waals surface area contributed by atoms with Crippen LogP contribution in [0.3, 0.4) is 0 Å². The third-order valence-corrected chi connectivity index (χ3v) is 2.57. The van der Waals surface area contributed by atoms with E-state index >= 15 is 0 Å². The Morgan fingerprint density at radius 3 is 2.74 bits per heavy atom. The lowest BCUT2D eigenvalue weighted by Crippen LogP contribution is -2.03. The van der Waals surface area contributed by atoms with E-state index in [1.807, 2.05) is 30.3 Å². The largest absolute Gasteiger partial charge is 0.468 e. The average Bonchev–Trinajstić information content (AvgIpc) is 2.86. The van der Waals surface area contributed by atoms with Gasteiger partial charge in [-0.25, -0.2) is 13.8 Å². The molecule has 1 N–H and O–H groups in total. The summed E-state index contributed by atoms with van der Waals surface area (Å²) in [5, 5.41) is 10.7. The van der Waals surface area contributed by atoms with Gasteiger partial charge in [-0.05, 0) is 12.1 Å². The smallest absolute Gasteiger partial charge is 0.305 e. The summed E-state index contributed by atoms with van der Waals surface area (Å²) in [6.45, 7) is 0. The number of methoxy groups -OCH3 is 1. The van der Waals surface area contributed by atoms with Gasteiger partial charge in [-0.1, -0.05) is 18.2 Å². The lowest BCUT2D eigenvalue weighted by atomic mass is 10.3. The van der Waals surface area contributed by atoms with E-state index in [1.54, 1.807) is 0 Å². The zero-order chi connectivity index (χ0) is 13.2. The van der Waals surface area contributed by atoms with Crippen molar-refractivity contribution in [1.29, 1.82) is 0 Å². The Morgan fingerprint density at radius 2 is 2.00 bits per heavy atom. The van der Waals surface area contributed by atoms with E-state index in [0.29, 0.717) is 5.95 Å². The third kappa shape index (κ3) is 1.95. The lowest BCUT2D eigenvalue weighted by Gasteiger charge is -2.06. The molecule has 0 saturated heterocycles. The molecule has 2 aromatic heterocycles. The van der Waals surface area contributed by atoms with E-state index in [4.69, 9.17) is 4.74 Å². The molecule has 19 heavy (non-hydrogen) atoms. The number of halogens is 1. The molecule has 3 aromatic rings. The molecule has 0 unspecified atom stereocenters. The Balaban J connectivity index is 2.12. The molecule has 0 fully saturated rings. The number of hydrogen-bond acceptors (Lipinski definition) is 5. The van der Waals surface area contributed by atoms with Crippen LogP contribution in [0.15, 0.2) is 36.5 Å². The fourth-order valence-corrected chi connectivity index (χ4v) is 1.72. The van der Waals surface area contributed by atoms with Crippen molar-refractivity contribution in [3.05, 3.63) is 42.3 Å². The second-order valence-electron chi connectivity index (χ2n) is 3.77. The number of nitrogens with one attached hydrogen (secondary N) is 1. The van der Waals surface area contributed by atoms with Crippen LogP contribution in [0.25, 0.3) is 5.65 Å².